The number of rotatable bonds is 6. The van der Waals surface area contributed by atoms with Crippen LogP contribution in [-0.2, 0) is 4.79 Å². The molecule has 2 N–H and O–H groups in total. The zero-order valence-corrected chi connectivity index (χ0v) is 13.4. The molecule has 0 radical (unpaired) electrons. The molecule has 122 valence electrons. The Labute approximate surface area is 136 Å². The van der Waals surface area contributed by atoms with E-state index in [4.69, 9.17) is 0 Å². The van der Waals surface area contributed by atoms with E-state index >= 15 is 0 Å². The smallest absolute Gasteiger partial charge is 0.222 e. The molecule has 1 amide bonds. The third-order valence-corrected chi connectivity index (χ3v) is 3.83. The Morgan fingerprint density at radius 2 is 1.87 bits per heavy atom. The molecule has 2 aromatic carbocycles. The second-order valence-corrected chi connectivity index (χ2v) is 5.89. The van der Waals surface area contributed by atoms with Gasteiger partial charge in [-0.25, -0.2) is 4.39 Å². The number of aliphatic hydroxyl groups excluding tert-OH is 1. The molecule has 0 bridgehead atoms. The monoisotopic (exact) mass is 315 g/mol. The van der Waals surface area contributed by atoms with Crippen LogP contribution >= 0.6 is 0 Å². The summed E-state index contributed by atoms with van der Waals surface area (Å²) in [6.07, 6.45) is -1.08. The van der Waals surface area contributed by atoms with Crippen molar-refractivity contribution in [2.24, 2.45) is 0 Å². The van der Waals surface area contributed by atoms with E-state index in [1.54, 1.807) is 6.07 Å². The Balaban J connectivity index is 1.85. The highest BCUT2D eigenvalue weighted by Crippen LogP contribution is 2.18. The molecule has 0 saturated carbocycles. The number of carbonyl (C=O) groups is 1. The molecule has 0 heterocycles. The maximum Gasteiger partial charge on any atom is 0.222 e. The molecule has 23 heavy (non-hydrogen) atoms. The first kappa shape index (κ1) is 17.2. The summed E-state index contributed by atoms with van der Waals surface area (Å²) in [4.78, 5) is 11.9. The van der Waals surface area contributed by atoms with E-state index in [1.165, 1.54) is 23.8 Å². The van der Waals surface area contributed by atoms with Crippen molar-refractivity contribution in [2.45, 2.75) is 32.3 Å². The highest BCUT2D eigenvalue weighted by molar-refractivity contribution is 5.76. The predicted octanol–water partition coefficient (Wildman–Crippen LogP) is 3.48. The molecule has 0 saturated heterocycles. The second kappa shape index (κ2) is 7.88. The van der Waals surface area contributed by atoms with Gasteiger partial charge in [0.25, 0.3) is 0 Å². The summed E-state index contributed by atoms with van der Waals surface area (Å²) < 4.78 is 13.1. The van der Waals surface area contributed by atoms with Crippen LogP contribution in [0.5, 0.6) is 0 Å². The summed E-state index contributed by atoms with van der Waals surface area (Å²) in [5.74, 6) is -0.485. The molecule has 0 spiro atoms. The van der Waals surface area contributed by atoms with Crippen molar-refractivity contribution in [1.82, 2.24) is 5.32 Å². The van der Waals surface area contributed by atoms with Crippen molar-refractivity contribution in [1.29, 1.82) is 0 Å². The molecule has 3 nitrogen and oxygen atoms in total. The van der Waals surface area contributed by atoms with Gasteiger partial charge in [-0.2, -0.15) is 0 Å². The largest absolute Gasteiger partial charge is 0.388 e. The molecule has 2 atom stereocenters. The van der Waals surface area contributed by atoms with Crippen LogP contribution in [0, 0.1) is 12.7 Å². The van der Waals surface area contributed by atoms with Crippen molar-refractivity contribution >= 4 is 5.91 Å². The summed E-state index contributed by atoms with van der Waals surface area (Å²) in [6.45, 7) is 4.57. The van der Waals surface area contributed by atoms with Gasteiger partial charge in [0.2, 0.25) is 5.91 Å². The first-order valence-corrected chi connectivity index (χ1v) is 7.72. The Bertz CT molecular complexity index is 672. The lowest BCUT2D eigenvalue weighted by Gasteiger charge is -2.15. The van der Waals surface area contributed by atoms with Gasteiger partial charge < -0.3 is 10.4 Å². The number of amides is 1. The molecular formula is C19H22FNO2. The van der Waals surface area contributed by atoms with Gasteiger partial charge in [0.05, 0.1) is 12.5 Å². The fourth-order valence-electron chi connectivity index (χ4n) is 2.44. The van der Waals surface area contributed by atoms with E-state index < -0.39 is 11.9 Å². The van der Waals surface area contributed by atoms with Crippen molar-refractivity contribution in [3.05, 3.63) is 71.0 Å². The van der Waals surface area contributed by atoms with Gasteiger partial charge in [-0.15, -0.1) is 0 Å². The highest BCUT2D eigenvalue weighted by atomic mass is 19.1. The number of benzene rings is 2. The molecule has 0 aliphatic rings. The normalized spacial score (nSPS) is 13.4. The number of carbonyl (C=O) groups excluding carboxylic acids is 1. The highest BCUT2D eigenvalue weighted by Gasteiger charge is 2.14. The molecular weight excluding hydrogens is 293 g/mol. The Kier molecular flexibility index (Phi) is 5.88. The van der Waals surface area contributed by atoms with Gasteiger partial charge in [0.1, 0.15) is 5.82 Å². The SMILES string of the molecule is Cc1cccc(C(C)CNC(=O)CC(O)c2cccc(F)c2)c1. The minimum atomic E-state index is -1.00. The Morgan fingerprint density at radius 1 is 1.17 bits per heavy atom. The van der Waals surface area contributed by atoms with Crippen molar-refractivity contribution in [3.63, 3.8) is 0 Å². The average Bonchev–Trinajstić information content (AvgIpc) is 2.52. The van der Waals surface area contributed by atoms with Crippen LogP contribution in [-0.4, -0.2) is 17.6 Å². The first-order chi connectivity index (χ1) is 11.0. The molecule has 2 unspecified atom stereocenters. The van der Waals surface area contributed by atoms with Crippen LogP contribution in [0.25, 0.3) is 0 Å². The summed E-state index contributed by atoms with van der Waals surface area (Å²) in [6, 6.07) is 13.8. The van der Waals surface area contributed by atoms with Crippen molar-refractivity contribution in [2.75, 3.05) is 6.54 Å². The van der Waals surface area contributed by atoms with Crippen LogP contribution < -0.4 is 5.32 Å². The number of aryl methyl sites for hydroxylation is 1. The minimum absolute atomic E-state index is 0.0794. The van der Waals surface area contributed by atoms with Crippen LogP contribution in [0.4, 0.5) is 4.39 Å². The zero-order chi connectivity index (χ0) is 16.8. The van der Waals surface area contributed by atoms with Gasteiger partial charge in [-0.1, -0.05) is 48.9 Å². The van der Waals surface area contributed by atoms with Crippen LogP contribution in [0.15, 0.2) is 48.5 Å². The molecule has 4 heteroatoms. The molecule has 0 fully saturated rings. The summed E-state index contributed by atoms with van der Waals surface area (Å²) in [5.41, 5.74) is 2.75. The fraction of sp³-hybridized carbons (Fsp3) is 0.316. The summed E-state index contributed by atoms with van der Waals surface area (Å²) in [7, 11) is 0. The van der Waals surface area contributed by atoms with E-state index in [0.717, 1.165) is 5.56 Å². The summed E-state index contributed by atoms with van der Waals surface area (Å²) >= 11 is 0. The first-order valence-electron chi connectivity index (χ1n) is 7.72. The number of aliphatic hydroxyl groups is 1. The lowest BCUT2D eigenvalue weighted by atomic mass is 9.99. The molecule has 0 aromatic heterocycles. The van der Waals surface area contributed by atoms with E-state index in [2.05, 4.69) is 11.4 Å². The van der Waals surface area contributed by atoms with Crippen LogP contribution in [0.2, 0.25) is 0 Å². The van der Waals surface area contributed by atoms with Crippen molar-refractivity contribution < 1.29 is 14.3 Å². The van der Waals surface area contributed by atoms with Gasteiger partial charge >= 0.3 is 0 Å². The van der Waals surface area contributed by atoms with E-state index in [9.17, 15) is 14.3 Å². The fourth-order valence-corrected chi connectivity index (χ4v) is 2.44. The quantitative estimate of drug-likeness (QED) is 0.857. The number of nitrogens with one attached hydrogen (secondary N) is 1. The second-order valence-electron chi connectivity index (χ2n) is 5.89. The summed E-state index contributed by atoms with van der Waals surface area (Å²) in [5, 5.41) is 12.8. The zero-order valence-electron chi connectivity index (χ0n) is 13.4. The minimum Gasteiger partial charge on any atom is -0.388 e. The van der Waals surface area contributed by atoms with Gasteiger partial charge in [0.15, 0.2) is 0 Å². The third-order valence-electron chi connectivity index (χ3n) is 3.83. The van der Waals surface area contributed by atoms with E-state index in [1.807, 2.05) is 32.0 Å². The topological polar surface area (TPSA) is 49.3 Å². The number of hydrogen-bond donors (Lipinski definition) is 2. The van der Waals surface area contributed by atoms with E-state index in [-0.39, 0.29) is 18.2 Å². The van der Waals surface area contributed by atoms with Gasteiger partial charge in [0, 0.05) is 6.54 Å². The molecule has 0 aliphatic heterocycles. The molecule has 2 rings (SSSR count). The maximum atomic E-state index is 13.1. The van der Waals surface area contributed by atoms with E-state index in [0.29, 0.717) is 12.1 Å². The maximum absolute atomic E-state index is 13.1. The predicted molar refractivity (Wildman–Crippen MR) is 88.6 cm³/mol. The van der Waals surface area contributed by atoms with Crippen LogP contribution in [0.3, 0.4) is 0 Å². The number of halogens is 1. The standard InChI is InChI=1S/C19H22FNO2/c1-13-5-3-6-15(9-13)14(2)12-21-19(23)11-18(22)16-7-4-8-17(20)10-16/h3-10,14,18,22H,11-12H2,1-2H3,(H,21,23). The van der Waals surface area contributed by atoms with Gasteiger partial charge in [-0.3, -0.25) is 4.79 Å². The van der Waals surface area contributed by atoms with Gasteiger partial charge in [-0.05, 0) is 36.1 Å². The molecule has 0 aliphatic carbocycles. The van der Waals surface area contributed by atoms with Crippen LogP contribution in [0.1, 0.15) is 42.1 Å². The number of hydrogen-bond acceptors (Lipinski definition) is 2. The average molecular weight is 315 g/mol. The lowest BCUT2D eigenvalue weighted by molar-refractivity contribution is -0.123. The Hall–Kier alpha value is -2.20. The third kappa shape index (κ3) is 5.18. The Morgan fingerprint density at radius 3 is 2.57 bits per heavy atom. The lowest BCUT2D eigenvalue weighted by Crippen LogP contribution is -2.28. The molecule has 2 aromatic rings. The van der Waals surface area contributed by atoms with Crippen molar-refractivity contribution in [3.8, 4) is 0 Å².